The van der Waals surface area contributed by atoms with E-state index in [1.165, 1.54) is 0 Å². The third-order valence-corrected chi connectivity index (χ3v) is 3.95. The Labute approximate surface area is 156 Å². The number of hydrogen-bond donors (Lipinski definition) is 1. The van der Waals surface area contributed by atoms with Crippen molar-refractivity contribution >= 4 is 28.8 Å². The Morgan fingerprint density at radius 3 is 1.92 bits per heavy atom. The second-order valence-corrected chi connectivity index (χ2v) is 5.82. The third kappa shape index (κ3) is 4.05. The quantitative estimate of drug-likeness (QED) is 0.253. The molecule has 3 aromatic rings. The second kappa shape index (κ2) is 8.23. The number of ketones is 1. The Morgan fingerprint density at radius 2 is 1.31 bits per heavy atom. The lowest BCUT2D eigenvalue weighted by molar-refractivity contribution is 0.103. The van der Waals surface area contributed by atoms with Crippen LogP contribution >= 0.6 is 11.6 Å². The lowest BCUT2D eigenvalue weighted by atomic mass is 10.1. The fourth-order valence-electron chi connectivity index (χ4n) is 2.30. The molecule has 0 unspecified atom stereocenters. The number of aliphatic hydroxyl groups is 1. The molecule has 0 heterocycles. The van der Waals surface area contributed by atoms with E-state index in [0.29, 0.717) is 21.8 Å². The largest absolute Gasteiger partial charge is 0.505 e. The number of rotatable bonds is 5. The van der Waals surface area contributed by atoms with E-state index >= 15 is 0 Å². The maximum atomic E-state index is 12.9. The van der Waals surface area contributed by atoms with Crippen molar-refractivity contribution in [2.75, 3.05) is 0 Å². The van der Waals surface area contributed by atoms with E-state index in [0.717, 1.165) is 0 Å². The van der Waals surface area contributed by atoms with Crippen molar-refractivity contribution in [2.45, 2.75) is 0 Å². The van der Waals surface area contributed by atoms with Crippen LogP contribution < -0.4 is 0 Å². The van der Waals surface area contributed by atoms with Gasteiger partial charge in [-0.1, -0.05) is 84.4 Å². The number of Topliss-reactive ketones (excluding diaryl/α,β-unsaturated/α-hetero) is 1. The summed E-state index contributed by atoms with van der Waals surface area (Å²) >= 11 is 6.08. The minimum atomic E-state index is -0.428. The molecule has 0 aromatic heterocycles. The summed E-state index contributed by atoms with van der Waals surface area (Å²) in [5, 5.41) is 19.1. The standard InChI is InChI=1S/C21H15ClN2O2/c22-17-13-7-8-14-18(17)23-24-19(20(25)15-9-3-1-4-10-15)21(26)16-11-5-2-6-12-16/h1-14,25H/b20-19+,24-23?. The van der Waals surface area contributed by atoms with Gasteiger partial charge in [-0.2, -0.15) is 0 Å². The zero-order chi connectivity index (χ0) is 18.4. The lowest BCUT2D eigenvalue weighted by Crippen LogP contribution is -2.04. The molecule has 0 aliphatic rings. The molecular weight excluding hydrogens is 348 g/mol. The number of aliphatic hydroxyl groups excluding tert-OH is 1. The Hall–Kier alpha value is -3.24. The zero-order valence-electron chi connectivity index (χ0n) is 13.7. The maximum Gasteiger partial charge on any atom is 0.217 e. The van der Waals surface area contributed by atoms with E-state index in [1.54, 1.807) is 72.8 Å². The summed E-state index contributed by atoms with van der Waals surface area (Å²) < 4.78 is 0. The highest BCUT2D eigenvalue weighted by Gasteiger charge is 2.18. The molecule has 128 valence electrons. The van der Waals surface area contributed by atoms with Crippen LogP contribution in [0.3, 0.4) is 0 Å². The number of carbonyl (C=O) groups is 1. The zero-order valence-corrected chi connectivity index (χ0v) is 14.5. The molecule has 4 nitrogen and oxygen atoms in total. The summed E-state index contributed by atoms with van der Waals surface area (Å²) in [7, 11) is 0. The van der Waals surface area contributed by atoms with Crippen LogP contribution in [0.15, 0.2) is 101 Å². The van der Waals surface area contributed by atoms with E-state index in [4.69, 9.17) is 11.6 Å². The minimum Gasteiger partial charge on any atom is -0.505 e. The van der Waals surface area contributed by atoms with E-state index in [9.17, 15) is 9.90 Å². The molecule has 5 heteroatoms. The molecule has 3 rings (SSSR count). The van der Waals surface area contributed by atoms with Gasteiger partial charge in [0.15, 0.2) is 11.5 Å². The van der Waals surface area contributed by atoms with Crippen LogP contribution in [0, 0.1) is 0 Å². The van der Waals surface area contributed by atoms with Gasteiger partial charge < -0.3 is 5.11 Å². The molecular formula is C21H15ClN2O2. The van der Waals surface area contributed by atoms with Crippen LogP contribution in [-0.4, -0.2) is 10.9 Å². The first-order valence-electron chi connectivity index (χ1n) is 7.91. The van der Waals surface area contributed by atoms with Gasteiger partial charge in [-0.05, 0) is 12.1 Å². The van der Waals surface area contributed by atoms with Gasteiger partial charge >= 0.3 is 0 Å². The molecule has 0 saturated carbocycles. The average Bonchev–Trinajstić information content (AvgIpc) is 2.70. The number of halogens is 1. The molecule has 26 heavy (non-hydrogen) atoms. The predicted octanol–water partition coefficient (Wildman–Crippen LogP) is 6.23. The van der Waals surface area contributed by atoms with Crippen molar-refractivity contribution in [3.8, 4) is 0 Å². The smallest absolute Gasteiger partial charge is 0.217 e. The monoisotopic (exact) mass is 362 g/mol. The normalized spacial score (nSPS) is 12.0. The molecule has 0 amide bonds. The van der Waals surface area contributed by atoms with E-state index in [2.05, 4.69) is 10.2 Å². The van der Waals surface area contributed by atoms with Crippen molar-refractivity contribution in [3.05, 3.63) is 107 Å². The fourth-order valence-corrected chi connectivity index (χ4v) is 2.47. The Morgan fingerprint density at radius 1 is 0.769 bits per heavy atom. The fraction of sp³-hybridized carbons (Fsp3) is 0. The molecule has 0 spiro atoms. The van der Waals surface area contributed by atoms with Gasteiger partial charge in [-0.15, -0.1) is 10.2 Å². The summed E-state index contributed by atoms with van der Waals surface area (Å²) in [6, 6.07) is 24.2. The van der Waals surface area contributed by atoms with Gasteiger partial charge in [0.1, 0.15) is 5.69 Å². The SMILES string of the molecule is O=C(/C(N=Nc1ccccc1Cl)=C(\O)c1ccccc1)c1ccccc1. The maximum absolute atomic E-state index is 12.9. The highest BCUT2D eigenvalue weighted by molar-refractivity contribution is 6.32. The first kappa shape index (κ1) is 17.6. The molecule has 0 bridgehead atoms. The molecule has 3 aromatic carbocycles. The van der Waals surface area contributed by atoms with Gasteiger partial charge in [-0.3, -0.25) is 4.79 Å². The first-order valence-corrected chi connectivity index (χ1v) is 8.29. The summed E-state index contributed by atoms with van der Waals surface area (Å²) in [4.78, 5) is 12.9. The van der Waals surface area contributed by atoms with Crippen molar-refractivity contribution in [1.82, 2.24) is 0 Å². The molecule has 0 saturated heterocycles. The van der Waals surface area contributed by atoms with Crippen LogP contribution in [0.2, 0.25) is 5.02 Å². The predicted molar refractivity (Wildman–Crippen MR) is 103 cm³/mol. The van der Waals surface area contributed by atoms with Gasteiger partial charge in [0.2, 0.25) is 5.78 Å². The molecule has 1 N–H and O–H groups in total. The van der Waals surface area contributed by atoms with Crippen molar-refractivity contribution in [1.29, 1.82) is 0 Å². The summed E-state index contributed by atoms with van der Waals surface area (Å²) in [5.41, 5.74) is 1.14. The molecule has 0 radical (unpaired) electrons. The number of benzene rings is 3. The third-order valence-electron chi connectivity index (χ3n) is 3.63. The number of hydrogen-bond acceptors (Lipinski definition) is 4. The molecule has 0 aliphatic carbocycles. The molecule has 0 fully saturated rings. The van der Waals surface area contributed by atoms with Gasteiger partial charge in [-0.25, -0.2) is 0 Å². The topological polar surface area (TPSA) is 62.0 Å². The van der Waals surface area contributed by atoms with Gasteiger partial charge in [0.05, 0.1) is 5.02 Å². The molecule has 0 aliphatic heterocycles. The summed E-state index contributed by atoms with van der Waals surface area (Å²) in [6.07, 6.45) is 0. The Balaban J connectivity index is 2.08. The summed E-state index contributed by atoms with van der Waals surface area (Å²) in [6.45, 7) is 0. The van der Waals surface area contributed by atoms with Crippen LogP contribution in [0.4, 0.5) is 5.69 Å². The first-order chi connectivity index (χ1) is 12.7. The number of carbonyl (C=O) groups excluding carboxylic acids is 1. The Bertz CT molecular complexity index is 968. The highest BCUT2D eigenvalue weighted by Crippen LogP contribution is 2.27. The minimum absolute atomic E-state index is 0.151. The summed E-state index contributed by atoms with van der Waals surface area (Å²) in [5.74, 6) is -0.669. The number of nitrogens with zero attached hydrogens (tertiary/aromatic N) is 2. The number of allylic oxidation sites excluding steroid dienone is 1. The van der Waals surface area contributed by atoms with Gasteiger partial charge in [0, 0.05) is 11.1 Å². The van der Waals surface area contributed by atoms with Crippen LogP contribution in [0.5, 0.6) is 0 Å². The van der Waals surface area contributed by atoms with Crippen molar-refractivity contribution in [2.24, 2.45) is 10.2 Å². The van der Waals surface area contributed by atoms with Crippen molar-refractivity contribution in [3.63, 3.8) is 0 Å². The van der Waals surface area contributed by atoms with Gasteiger partial charge in [0.25, 0.3) is 0 Å². The Kier molecular flexibility index (Phi) is 5.56. The van der Waals surface area contributed by atoms with E-state index in [-0.39, 0.29) is 11.5 Å². The average molecular weight is 363 g/mol. The van der Waals surface area contributed by atoms with Crippen LogP contribution in [0.25, 0.3) is 5.76 Å². The van der Waals surface area contributed by atoms with Crippen LogP contribution in [0.1, 0.15) is 15.9 Å². The van der Waals surface area contributed by atoms with Crippen molar-refractivity contribution < 1.29 is 9.90 Å². The van der Waals surface area contributed by atoms with E-state index < -0.39 is 5.78 Å². The highest BCUT2D eigenvalue weighted by atomic mass is 35.5. The lowest BCUT2D eigenvalue weighted by Gasteiger charge is -2.06. The van der Waals surface area contributed by atoms with E-state index in [1.807, 2.05) is 12.1 Å². The molecule has 0 atom stereocenters. The number of azo groups is 1. The second-order valence-electron chi connectivity index (χ2n) is 5.41. The van der Waals surface area contributed by atoms with Crippen LogP contribution in [-0.2, 0) is 0 Å².